The summed E-state index contributed by atoms with van der Waals surface area (Å²) in [5.74, 6) is -0.736. The molecule has 0 spiro atoms. The van der Waals surface area contributed by atoms with Gasteiger partial charge in [0, 0.05) is 0 Å². The Morgan fingerprint density at radius 2 is 2.24 bits per heavy atom. The van der Waals surface area contributed by atoms with Crippen molar-refractivity contribution in [2.24, 2.45) is 5.16 Å². The highest BCUT2D eigenvalue weighted by atomic mass is 16.7. The number of carbonyl (C=O) groups is 1. The average molecular weight is 232 g/mol. The first-order valence-electron chi connectivity index (χ1n) is 5.08. The van der Waals surface area contributed by atoms with Crippen LogP contribution in [0.15, 0.2) is 35.5 Å². The van der Waals surface area contributed by atoms with Crippen LogP contribution in [0.3, 0.4) is 0 Å². The predicted molar refractivity (Wildman–Crippen MR) is 61.2 cm³/mol. The van der Waals surface area contributed by atoms with Crippen LogP contribution >= 0.6 is 0 Å². The van der Waals surface area contributed by atoms with Crippen molar-refractivity contribution < 1.29 is 14.4 Å². The van der Waals surface area contributed by atoms with Crippen LogP contribution in [-0.4, -0.2) is 24.9 Å². The van der Waals surface area contributed by atoms with E-state index in [-0.39, 0.29) is 6.61 Å². The molecule has 0 aromatic heterocycles. The SMILES string of the molecule is CCOC(=O)C(C#N)ON=Cc1ccccc1. The molecule has 17 heavy (non-hydrogen) atoms. The van der Waals surface area contributed by atoms with Gasteiger partial charge in [0.15, 0.2) is 0 Å². The molecule has 1 aromatic rings. The zero-order valence-electron chi connectivity index (χ0n) is 9.37. The molecule has 0 amide bonds. The molecule has 88 valence electrons. The number of oxime groups is 1. The molecule has 5 heteroatoms. The molecule has 0 aliphatic rings. The summed E-state index contributed by atoms with van der Waals surface area (Å²) in [6, 6.07) is 10.9. The fourth-order valence-electron chi connectivity index (χ4n) is 1.03. The predicted octanol–water partition coefficient (Wildman–Crippen LogP) is 1.49. The normalized spacial score (nSPS) is 11.8. The largest absolute Gasteiger partial charge is 0.462 e. The Morgan fingerprint density at radius 1 is 1.53 bits per heavy atom. The van der Waals surface area contributed by atoms with Crippen molar-refractivity contribution in [2.75, 3.05) is 6.61 Å². The van der Waals surface area contributed by atoms with E-state index in [9.17, 15) is 4.79 Å². The van der Waals surface area contributed by atoms with Gasteiger partial charge in [0.2, 0.25) is 0 Å². The van der Waals surface area contributed by atoms with Crippen molar-refractivity contribution in [3.8, 4) is 6.07 Å². The lowest BCUT2D eigenvalue weighted by Gasteiger charge is -2.05. The topological polar surface area (TPSA) is 71.7 Å². The van der Waals surface area contributed by atoms with Crippen LogP contribution in [0.4, 0.5) is 0 Å². The Morgan fingerprint density at radius 3 is 2.82 bits per heavy atom. The van der Waals surface area contributed by atoms with E-state index in [1.807, 2.05) is 30.3 Å². The van der Waals surface area contributed by atoms with Gasteiger partial charge < -0.3 is 9.57 Å². The third-order valence-corrected chi connectivity index (χ3v) is 1.79. The number of nitrogens with zero attached hydrogens (tertiary/aromatic N) is 2. The Bertz CT molecular complexity index is 423. The fraction of sp³-hybridized carbons (Fsp3) is 0.250. The summed E-state index contributed by atoms with van der Waals surface area (Å²) >= 11 is 0. The molecule has 0 radical (unpaired) electrons. The summed E-state index contributed by atoms with van der Waals surface area (Å²) in [5, 5.41) is 12.2. The standard InChI is InChI=1S/C12H12N2O3/c1-2-16-12(15)11(8-13)17-14-9-10-6-4-3-5-7-10/h3-7,9,11H,2H2,1H3. The number of nitriles is 1. The molecule has 0 fully saturated rings. The maximum Gasteiger partial charge on any atom is 0.365 e. The molecule has 1 rings (SSSR count). The van der Waals surface area contributed by atoms with E-state index in [0.29, 0.717) is 0 Å². The van der Waals surface area contributed by atoms with E-state index in [1.54, 1.807) is 13.0 Å². The lowest BCUT2D eigenvalue weighted by molar-refractivity contribution is -0.152. The van der Waals surface area contributed by atoms with Gasteiger partial charge in [-0.25, -0.2) is 4.79 Å². The number of ether oxygens (including phenoxy) is 1. The van der Waals surface area contributed by atoms with Crippen LogP contribution in [0.25, 0.3) is 0 Å². The molecule has 0 heterocycles. The minimum absolute atomic E-state index is 0.197. The van der Waals surface area contributed by atoms with Gasteiger partial charge in [0.1, 0.15) is 6.07 Å². The number of carbonyl (C=O) groups excluding carboxylic acids is 1. The van der Waals surface area contributed by atoms with Gasteiger partial charge in [0.25, 0.3) is 0 Å². The van der Waals surface area contributed by atoms with Gasteiger partial charge in [-0.15, -0.1) is 0 Å². The number of hydrogen-bond acceptors (Lipinski definition) is 5. The summed E-state index contributed by atoms with van der Waals surface area (Å²) < 4.78 is 4.64. The van der Waals surface area contributed by atoms with Crippen LogP contribution in [0.1, 0.15) is 12.5 Å². The van der Waals surface area contributed by atoms with E-state index < -0.39 is 12.1 Å². The van der Waals surface area contributed by atoms with Gasteiger partial charge in [0.05, 0.1) is 12.8 Å². The Hall–Kier alpha value is -2.35. The van der Waals surface area contributed by atoms with E-state index in [1.165, 1.54) is 6.21 Å². The molecule has 0 aliphatic heterocycles. The van der Waals surface area contributed by atoms with Crippen LogP contribution in [0.2, 0.25) is 0 Å². The van der Waals surface area contributed by atoms with Crippen molar-refractivity contribution in [3.05, 3.63) is 35.9 Å². The van der Waals surface area contributed by atoms with Crippen molar-refractivity contribution in [2.45, 2.75) is 13.0 Å². The molecule has 0 bridgehead atoms. The lowest BCUT2D eigenvalue weighted by Crippen LogP contribution is -2.23. The van der Waals surface area contributed by atoms with E-state index in [0.717, 1.165) is 5.56 Å². The van der Waals surface area contributed by atoms with E-state index in [4.69, 9.17) is 10.1 Å². The molecular weight excluding hydrogens is 220 g/mol. The van der Waals surface area contributed by atoms with Gasteiger partial charge >= 0.3 is 12.1 Å². The highest BCUT2D eigenvalue weighted by Crippen LogP contribution is 1.98. The highest BCUT2D eigenvalue weighted by molar-refractivity contribution is 5.80. The first-order valence-corrected chi connectivity index (χ1v) is 5.08. The fourth-order valence-corrected chi connectivity index (χ4v) is 1.03. The van der Waals surface area contributed by atoms with Crippen LogP contribution in [0.5, 0.6) is 0 Å². The van der Waals surface area contributed by atoms with Crippen LogP contribution in [-0.2, 0) is 14.4 Å². The zero-order valence-corrected chi connectivity index (χ0v) is 9.37. The van der Waals surface area contributed by atoms with Gasteiger partial charge in [-0.2, -0.15) is 5.26 Å². The van der Waals surface area contributed by atoms with Gasteiger partial charge in [-0.3, -0.25) is 0 Å². The summed E-state index contributed by atoms with van der Waals surface area (Å²) in [4.78, 5) is 15.9. The summed E-state index contributed by atoms with van der Waals surface area (Å²) in [5.41, 5.74) is 0.813. The minimum Gasteiger partial charge on any atom is -0.462 e. The zero-order chi connectivity index (χ0) is 12.5. The monoisotopic (exact) mass is 232 g/mol. The molecular formula is C12H12N2O3. The third kappa shape index (κ3) is 4.34. The summed E-state index contributed by atoms with van der Waals surface area (Å²) in [6.45, 7) is 1.85. The first-order chi connectivity index (χ1) is 8.27. The lowest BCUT2D eigenvalue weighted by atomic mass is 10.2. The molecule has 1 atom stereocenters. The Labute approximate surface area is 99.3 Å². The van der Waals surface area contributed by atoms with Crippen molar-refractivity contribution in [1.82, 2.24) is 0 Å². The van der Waals surface area contributed by atoms with Crippen molar-refractivity contribution in [3.63, 3.8) is 0 Å². The number of esters is 1. The quantitative estimate of drug-likeness (QED) is 0.438. The molecule has 0 N–H and O–H groups in total. The minimum atomic E-state index is -1.32. The first kappa shape index (κ1) is 12.7. The maximum atomic E-state index is 11.2. The highest BCUT2D eigenvalue weighted by Gasteiger charge is 2.20. The number of rotatable bonds is 5. The molecule has 1 unspecified atom stereocenters. The number of benzene rings is 1. The van der Waals surface area contributed by atoms with Crippen molar-refractivity contribution in [1.29, 1.82) is 5.26 Å². The van der Waals surface area contributed by atoms with Crippen molar-refractivity contribution >= 4 is 12.2 Å². The Kier molecular flexibility index (Phi) is 5.25. The molecule has 1 aromatic carbocycles. The summed E-state index contributed by atoms with van der Waals surface area (Å²) in [7, 11) is 0. The van der Waals surface area contributed by atoms with Crippen LogP contribution in [0, 0.1) is 11.3 Å². The second-order valence-electron chi connectivity index (χ2n) is 3.01. The van der Waals surface area contributed by atoms with Crippen LogP contribution < -0.4 is 0 Å². The second-order valence-corrected chi connectivity index (χ2v) is 3.01. The molecule has 0 aliphatic carbocycles. The van der Waals surface area contributed by atoms with E-state index >= 15 is 0 Å². The summed E-state index contributed by atoms with van der Waals surface area (Å²) in [6.07, 6.45) is 0.0960. The Balaban J connectivity index is 2.51. The van der Waals surface area contributed by atoms with E-state index in [2.05, 4.69) is 9.89 Å². The van der Waals surface area contributed by atoms with Gasteiger partial charge in [-0.1, -0.05) is 35.5 Å². The smallest absolute Gasteiger partial charge is 0.365 e. The van der Waals surface area contributed by atoms with Gasteiger partial charge in [-0.05, 0) is 12.5 Å². The molecule has 0 saturated carbocycles. The molecule has 5 nitrogen and oxygen atoms in total. The average Bonchev–Trinajstić information content (AvgIpc) is 2.36. The number of hydrogen-bond donors (Lipinski definition) is 0. The third-order valence-electron chi connectivity index (χ3n) is 1.79. The maximum absolute atomic E-state index is 11.2. The molecule has 0 saturated heterocycles. The second kappa shape index (κ2) is 7.01.